The maximum atomic E-state index is 12.3. The Kier molecular flexibility index (Phi) is 6.14. The standard InChI is InChI=1S/C17H13BrF3N3O2/c1-10(23-24-15(25)13-7-2-3-8-14(13)18)11-5-4-6-12(9-11)22-16(26)17(19,20)21/h2-9H,1H3,(H,22,26)(H,24,25). The molecule has 2 amide bonds. The predicted octanol–water partition coefficient (Wildman–Crippen LogP) is 4.10. The highest BCUT2D eigenvalue weighted by Gasteiger charge is 2.38. The molecule has 0 unspecified atom stereocenters. The molecule has 0 aliphatic rings. The summed E-state index contributed by atoms with van der Waals surface area (Å²) in [5.74, 6) is -2.51. The third-order valence-corrected chi connectivity index (χ3v) is 3.93. The highest BCUT2D eigenvalue weighted by molar-refractivity contribution is 9.10. The third-order valence-electron chi connectivity index (χ3n) is 3.24. The van der Waals surface area contributed by atoms with Crippen molar-refractivity contribution in [2.24, 2.45) is 5.10 Å². The van der Waals surface area contributed by atoms with Crippen LogP contribution in [0.15, 0.2) is 58.1 Å². The zero-order valence-electron chi connectivity index (χ0n) is 13.4. The average molecular weight is 428 g/mol. The molecule has 2 rings (SSSR count). The molecule has 26 heavy (non-hydrogen) atoms. The van der Waals surface area contributed by atoms with Crippen LogP contribution in [0.25, 0.3) is 0 Å². The summed E-state index contributed by atoms with van der Waals surface area (Å²) in [6, 6.07) is 12.5. The van der Waals surface area contributed by atoms with Gasteiger partial charge in [0.05, 0.1) is 11.3 Å². The molecule has 9 heteroatoms. The van der Waals surface area contributed by atoms with Gasteiger partial charge in [0.1, 0.15) is 0 Å². The molecular formula is C17H13BrF3N3O2. The van der Waals surface area contributed by atoms with Crippen LogP contribution < -0.4 is 10.7 Å². The topological polar surface area (TPSA) is 70.6 Å². The molecule has 0 atom stereocenters. The Morgan fingerprint density at radius 3 is 2.42 bits per heavy atom. The van der Waals surface area contributed by atoms with E-state index in [0.717, 1.165) is 0 Å². The number of hydrogen-bond acceptors (Lipinski definition) is 3. The molecule has 0 saturated heterocycles. The normalized spacial score (nSPS) is 11.8. The lowest BCUT2D eigenvalue weighted by Gasteiger charge is -2.09. The summed E-state index contributed by atoms with van der Waals surface area (Å²) < 4.78 is 37.5. The number of alkyl halides is 3. The number of benzene rings is 2. The Bertz CT molecular complexity index is 866. The third kappa shape index (κ3) is 5.16. The van der Waals surface area contributed by atoms with E-state index in [0.29, 0.717) is 21.3 Å². The highest BCUT2D eigenvalue weighted by atomic mass is 79.9. The summed E-state index contributed by atoms with van der Waals surface area (Å²) in [7, 11) is 0. The fourth-order valence-electron chi connectivity index (χ4n) is 1.93. The molecule has 0 saturated carbocycles. The molecule has 2 aromatic rings. The van der Waals surface area contributed by atoms with Crippen LogP contribution in [0.4, 0.5) is 18.9 Å². The minimum absolute atomic E-state index is 0.0310. The SMILES string of the molecule is CC(=NNC(=O)c1ccccc1Br)c1cccc(NC(=O)C(F)(F)F)c1. The van der Waals surface area contributed by atoms with Crippen molar-refractivity contribution in [1.29, 1.82) is 0 Å². The van der Waals surface area contributed by atoms with Crippen molar-refractivity contribution in [3.63, 3.8) is 0 Å². The fraction of sp³-hybridized carbons (Fsp3) is 0.118. The van der Waals surface area contributed by atoms with Crippen molar-refractivity contribution in [3.05, 3.63) is 64.1 Å². The first kappa shape index (κ1) is 19.6. The second-order valence-electron chi connectivity index (χ2n) is 5.15. The second-order valence-corrected chi connectivity index (χ2v) is 6.01. The van der Waals surface area contributed by atoms with E-state index in [-0.39, 0.29) is 5.69 Å². The molecule has 0 aliphatic carbocycles. The van der Waals surface area contributed by atoms with Gasteiger partial charge in [-0.2, -0.15) is 18.3 Å². The molecule has 5 nitrogen and oxygen atoms in total. The Morgan fingerprint density at radius 1 is 1.08 bits per heavy atom. The van der Waals surface area contributed by atoms with Gasteiger partial charge in [-0.1, -0.05) is 24.3 Å². The van der Waals surface area contributed by atoms with Crippen molar-refractivity contribution in [3.8, 4) is 0 Å². The fourth-order valence-corrected chi connectivity index (χ4v) is 2.39. The quantitative estimate of drug-likeness (QED) is 0.569. The second kappa shape index (κ2) is 8.13. The molecule has 0 bridgehead atoms. The lowest BCUT2D eigenvalue weighted by atomic mass is 10.1. The molecule has 2 aromatic carbocycles. The van der Waals surface area contributed by atoms with Gasteiger partial charge in [0.15, 0.2) is 0 Å². The van der Waals surface area contributed by atoms with E-state index in [9.17, 15) is 22.8 Å². The Labute approximate surface area is 155 Å². The van der Waals surface area contributed by atoms with Crippen LogP contribution in [0, 0.1) is 0 Å². The van der Waals surface area contributed by atoms with E-state index in [1.807, 2.05) is 0 Å². The summed E-state index contributed by atoms with van der Waals surface area (Å²) in [6.45, 7) is 1.57. The van der Waals surface area contributed by atoms with E-state index in [1.165, 1.54) is 18.2 Å². The minimum Gasteiger partial charge on any atom is -0.318 e. The predicted molar refractivity (Wildman–Crippen MR) is 94.9 cm³/mol. The molecule has 0 aromatic heterocycles. The maximum absolute atomic E-state index is 12.3. The number of nitrogens with one attached hydrogen (secondary N) is 2. The van der Waals surface area contributed by atoms with Crippen LogP contribution >= 0.6 is 15.9 Å². The van der Waals surface area contributed by atoms with Gasteiger partial charge in [-0.15, -0.1) is 0 Å². The van der Waals surface area contributed by atoms with Gasteiger partial charge in [0.25, 0.3) is 5.91 Å². The highest BCUT2D eigenvalue weighted by Crippen LogP contribution is 2.19. The van der Waals surface area contributed by atoms with E-state index in [2.05, 4.69) is 26.5 Å². The van der Waals surface area contributed by atoms with Crippen LogP contribution in [0.5, 0.6) is 0 Å². The van der Waals surface area contributed by atoms with Crippen LogP contribution in [0.3, 0.4) is 0 Å². The van der Waals surface area contributed by atoms with Crippen molar-refractivity contribution in [2.75, 3.05) is 5.32 Å². The minimum atomic E-state index is -4.98. The summed E-state index contributed by atoms with van der Waals surface area (Å²) in [6.07, 6.45) is -4.98. The van der Waals surface area contributed by atoms with Gasteiger partial charge in [-0.25, -0.2) is 5.43 Å². The van der Waals surface area contributed by atoms with Gasteiger partial charge in [-0.05, 0) is 52.7 Å². The van der Waals surface area contributed by atoms with Gasteiger partial charge in [0, 0.05) is 10.2 Å². The van der Waals surface area contributed by atoms with Crippen LogP contribution in [-0.2, 0) is 4.79 Å². The van der Waals surface area contributed by atoms with Crippen LogP contribution in [0.2, 0.25) is 0 Å². The van der Waals surface area contributed by atoms with Crippen LogP contribution in [0.1, 0.15) is 22.8 Å². The van der Waals surface area contributed by atoms with Crippen molar-refractivity contribution in [1.82, 2.24) is 5.43 Å². The zero-order chi connectivity index (χ0) is 19.3. The van der Waals surface area contributed by atoms with Gasteiger partial charge >= 0.3 is 12.1 Å². The largest absolute Gasteiger partial charge is 0.471 e. The Morgan fingerprint density at radius 2 is 1.77 bits per heavy atom. The van der Waals surface area contributed by atoms with E-state index in [4.69, 9.17) is 0 Å². The summed E-state index contributed by atoms with van der Waals surface area (Å²) in [5.41, 5.74) is 3.52. The van der Waals surface area contributed by atoms with Crippen LogP contribution in [-0.4, -0.2) is 23.7 Å². The summed E-state index contributed by atoms with van der Waals surface area (Å²) in [4.78, 5) is 23.1. The van der Waals surface area contributed by atoms with Gasteiger partial charge < -0.3 is 5.32 Å². The van der Waals surface area contributed by atoms with Gasteiger partial charge in [0.2, 0.25) is 0 Å². The van der Waals surface area contributed by atoms with E-state index < -0.39 is 18.0 Å². The first-order valence-electron chi connectivity index (χ1n) is 7.26. The number of amides is 2. The smallest absolute Gasteiger partial charge is 0.318 e. The number of halogens is 4. The van der Waals surface area contributed by atoms with E-state index in [1.54, 1.807) is 42.6 Å². The zero-order valence-corrected chi connectivity index (χ0v) is 15.0. The molecule has 0 fully saturated rings. The first-order chi connectivity index (χ1) is 12.2. The van der Waals surface area contributed by atoms with Crippen molar-refractivity contribution >= 4 is 39.1 Å². The number of rotatable bonds is 4. The van der Waals surface area contributed by atoms with Gasteiger partial charge in [-0.3, -0.25) is 9.59 Å². The average Bonchev–Trinajstić information content (AvgIpc) is 2.59. The number of hydrogen-bond donors (Lipinski definition) is 2. The first-order valence-corrected chi connectivity index (χ1v) is 8.05. The van der Waals surface area contributed by atoms with E-state index >= 15 is 0 Å². The number of anilines is 1. The Balaban J connectivity index is 2.12. The number of hydrazone groups is 1. The van der Waals surface area contributed by atoms with Crippen molar-refractivity contribution < 1.29 is 22.8 Å². The molecule has 0 radical (unpaired) electrons. The molecule has 0 heterocycles. The number of carbonyl (C=O) groups excluding carboxylic acids is 2. The molecular weight excluding hydrogens is 415 g/mol. The molecule has 0 spiro atoms. The summed E-state index contributed by atoms with van der Waals surface area (Å²) in [5, 5.41) is 5.71. The lowest BCUT2D eigenvalue weighted by molar-refractivity contribution is -0.167. The Hall–Kier alpha value is -2.68. The van der Waals surface area contributed by atoms with Crippen molar-refractivity contribution in [2.45, 2.75) is 13.1 Å². The molecule has 0 aliphatic heterocycles. The lowest BCUT2D eigenvalue weighted by Crippen LogP contribution is -2.29. The monoisotopic (exact) mass is 427 g/mol. The molecule has 2 N–H and O–H groups in total. The number of carbonyl (C=O) groups is 2. The maximum Gasteiger partial charge on any atom is 0.471 e. The molecule has 136 valence electrons. The number of nitrogens with zero attached hydrogens (tertiary/aromatic N) is 1. The summed E-state index contributed by atoms with van der Waals surface area (Å²) >= 11 is 3.26.